The van der Waals surface area contributed by atoms with E-state index in [2.05, 4.69) is 70.6 Å². The van der Waals surface area contributed by atoms with Crippen LogP contribution in [0.25, 0.3) is 44.5 Å². The van der Waals surface area contributed by atoms with Gasteiger partial charge in [-0.25, -0.2) is 19.6 Å². The summed E-state index contributed by atoms with van der Waals surface area (Å²) >= 11 is 0. The van der Waals surface area contributed by atoms with Gasteiger partial charge >= 0.3 is 12.2 Å². The lowest BCUT2D eigenvalue weighted by molar-refractivity contribution is 0.0166. The number of benzene rings is 3. The Labute approximate surface area is 303 Å². The van der Waals surface area contributed by atoms with Gasteiger partial charge in [0, 0.05) is 23.2 Å². The van der Waals surface area contributed by atoms with Gasteiger partial charge in [0.15, 0.2) is 0 Å². The first-order valence-electron chi connectivity index (χ1n) is 18.6. The number of imidazole rings is 2. The first-order chi connectivity index (χ1) is 24.8. The van der Waals surface area contributed by atoms with Crippen LogP contribution in [0.4, 0.5) is 9.59 Å². The summed E-state index contributed by atoms with van der Waals surface area (Å²) in [7, 11) is 0. The molecule has 6 atom stereocenters. The van der Waals surface area contributed by atoms with Crippen LogP contribution in [0.15, 0.2) is 73.1 Å². The number of hydrogen-bond acceptors (Lipinski definition) is 6. The van der Waals surface area contributed by atoms with E-state index < -0.39 is 11.2 Å². The molecule has 2 amide bonds. The van der Waals surface area contributed by atoms with Gasteiger partial charge in [0.25, 0.3) is 0 Å². The molecule has 5 aromatic rings. The number of fused-ring (bicyclic) bond motifs is 3. The minimum atomic E-state index is -0.547. The highest BCUT2D eigenvalue weighted by Crippen LogP contribution is 2.55. The van der Waals surface area contributed by atoms with Crippen LogP contribution in [0.5, 0.6) is 0 Å². The summed E-state index contributed by atoms with van der Waals surface area (Å²) in [5.74, 6) is 2.64. The summed E-state index contributed by atoms with van der Waals surface area (Å²) < 4.78 is 11.5. The molecular formula is C42H46N6O4. The maximum Gasteiger partial charge on any atom is 0.411 e. The second-order valence-electron chi connectivity index (χ2n) is 17.1. The Kier molecular flexibility index (Phi) is 7.37. The second-order valence-corrected chi connectivity index (χ2v) is 17.1. The molecule has 9 rings (SSSR count). The summed E-state index contributed by atoms with van der Waals surface area (Å²) in [6.07, 6.45) is 7.17. The number of aromatic amines is 2. The molecule has 10 heteroatoms. The fraction of sp³-hybridized carbons (Fsp3) is 0.429. The zero-order valence-corrected chi connectivity index (χ0v) is 30.6. The number of nitrogens with one attached hydrogen (secondary N) is 2. The molecule has 2 saturated heterocycles. The molecule has 2 aliphatic heterocycles. The highest BCUT2D eigenvalue weighted by molar-refractivity contribution is 6.04. The molecule has 0 spiro atoms. The molecule has 2 aliphatic carbocycles. The van der Waals surface area contributed by atoms with Crippen LogP contribution in [-0.4, -0.2) is 65.2 Å². The second kappa shape index (κ2) is 11.7. The Hall–Kier alpha value is -5.12. The molecular weight excluding hydrogens is 652 g/mol. The zero-order valence-electron chi connectivity index (χ0n) is 30.6. The Bertz CT molecular complexity index is 2190. The summed E-state index contributed by atoms with van der Waals surface area (Å²) in [6, 6.07) is 21.6. The molecule has 0 unspecified atom stereocenters. The summed E-state index contributed by atoms with van der Waals surface area (Å²) in [4.78, 5) is 46.8. The van der Waals surface area contributed by atoms with Gasteiger partial charge in [-0.2, -0.15) is 0 Å². The van der Waals surface area contributed by atoms with Crippen molar-refractivity contribution in [2.45, 2.75) is 103 Å². The number of rotatable bonds is 5. The van der Waals surface area contributed by atoms with Crippen LogP contribution in [0.2, 0.25) is 0 Å². The zero-order chi connectivity index (χ0) is 36.1. The lowest BCUT2D eigenvalue weighted by atomic mass is 9.94. The number of carbonyl (C=O) groups excluding carboxylic acids is 2. The van der Waals surface area contributed by atoms with E-state index in [-0.39, 0.29) is 36.4 Å². The van der Waals surface area contributed by atoms with Crippen LogP contribution in [0.3, 0.4) is 0 Å². The van der Waals surface area contributed by atoms with E-state index in [0.29, 0.717) is 11.8 Å². The van der Waals surface area contributed by atoms with Gasteiger partial charge in [-0.15, -0.1) is 0 Å². The van der Waals surface area contributed by atoms with Gasteiger partial charge in [0.2, 0.25) is 0 Å². The van der Waals surface area contributed by atoms with Crippen LogP contribution >= 0.6 is 0 Å². The smallest absolute Gasteiger partial charge is 0.411 e. The van der Waals surface area contributed by atoms with Crippen LogP contribution in [-0.2, 0) is 9.47 Å². The van der Waals surface area contributed by atoms with E-state index >= 15 is 0 Å². The molecule has 2 saturated carbocycles. The number of aromatic nitrogens is 4. The highest BCUT2D eigenvalue weighted by Gasteiger charge is 2.57. The molecule has 0 bridgehead atoms. The van der Waals surface area contributed by atoms with Crippen LogP contribution in [0, 0.1) is 11.8 Å². The van der Waals surface area contributed by atoms with Gasteiger partial charge in [-0.3, -0.25) is 9.80 Å². The Balaban J connectivity index is 0.952. The van der Waals surface area contributed by atoms with Crippen LogP contribution < -0.4 is 0 Å². The Morgan fingerprint density at radius 1 is 0.654 bits per heavy atom. The molecule has 10 nitrogen and oxygen atoms in total. The Morgan fingerprint density at radius 2 is 1.21 bits per heavy atom. The molecule has 268 valence electrons. The van der Waals surface area contributed by atoms with Crippen molar-refractivity contribution in [3.63, 3.8) is 0 Å². The molecule has 52 heavy (non-hydrogen) atoms. The summed E-state index contributed by atoms with van der Waals surface area (Å²) in [6.45, 7) is 11.4. The molecule has 0 radical (unpaired) electrons. The SMILES string of the molecule is CC(C)(C)OC(=O)N1[C@@H]2C[C@@H]2C[C@H]1c1cnc(-c2ccc(-c3cccc4c(-c5cnc([C@@H]6C[C@H]7C[C@H]7N6C(=O)OC(C)(C)C)[nH]5)cccc34)cc2)[nH]1. The van der Waals surface area contributed by atoms with Crippen molar-refractivity contribution in [2.75, 3.05) is 0 Å². The van der Waals surface area contributed by atoms with E-state index in [1.165, 1.54) is 0 Å². The van der Waals surface area contributed by atoms with Crippen molar-refractivity contribution < 1.29 is 19.1 Å². The number of H-pyrrole nitrogens is 2. The van der Waals surface area contributed by atoms with Crippen molar-refractivity contribution >= 4 is 23.0 Å². The maximum absolute atomic E-state index is 13.2. The Morgan fingerprint density at radius 3 is 1.85 bits per heavy atom. The summed E-state index contributed by atoms with van der Waals surface area (Å²) in [5, 5.41) is 2.26. The summed E-state index contributed by atoms with van der Waals surface area (Å²) in [5.41, 5.74) is 5.08. The van der Waals surface area contributed by atoms with Gasteiger partial charge in [-0.1, -0.05) is 60.7 Å². The number of amides is 2. The highest BCUT2D eigenvalue weighted by atomic mass is 16.6. The first-order valence-corrected chi connectivity index (χ1v) is 18.6. The van der Waals surface area contributed by atoms with Crippen molar-refractivity contribution in [3.8, 4) is 33.8 Å². The number of nitrogens with zero attached hydrogens (tertiary/aromatic N) is 4. The molecule has 4 fully saturated rings. The number of hydrogen-bond donors (Lipinski definition) is 2. The standard InChI is InChI=1S/C42H46N6O4/c1-41(2,3)51-39(49)47-33-17-25(33)19-35(47)32-22-43-37(46-32)24-15-13-23(14-16-24)27-9-7-11-29-28(27)10-8-12-30(29)31-21-44-38(45-31)36-20-26-18-34(26)48(36)40(50)52-42(4,5)6/h7-16,21-22,25-26,33-36H,17-20H2,1-6H3,(H,43,46)(H,44,45)/t25-,26-,33-,34-,35+,36+/m1/s1. The molecule has 2 N–H and O–H groups in total. The van der Waals surface area contributed by atoms with E-state index in [0.717, 1.165) is 81.7 Å². The number of piperidine rings is 2. The maximum atomic E-state index is 13.2. The topological polar surface area (TPSA) is 116 Å². The molecule has 2 aromatic heterocycles. The van der Waals surface area contributed by atoms with E-state index in [9.17, 15) is 9.59 Å². The minimum absolute atomic E-state index is 0.0531. The lowest BCUT2D eigenvalue weighted by Crippen LogP contribution is -2.38. The predicted octanol–water partition coefficient (Wildman–Crippen LogP) is 9.43. The molecule has 4 aliphatic rings. The minimum Gasteiger partial charge on any atom is -0.444 e. The molecule has 4 heterocycles. The average molecular weight is 699 g/mol. The third-order valence-corrected chi connectivity index (χ3v) is 11.0. The molecule has 3 aromatic carbocycles. The number of ether oxygens (including phenoxy) is 2. The lowest BCUT2D eigenvalue weighted by Gasteiger charge is -2.30. The third kappa shape index (κ3) is 5.91. The monoisotopic (exact) mass is 698 g/mol. The van der Waals surface area contributed by atoms with Gasteiger partial charge in [0.1, 0.15) is 22.9 Å². The third-order valence-electron chi connectivity index (χ3n) is 11.0. The van der Waals surface area contributed by atoms with Gasteiger partial charge in [-0.05, 0) is 101 Å². The fourth-order valence-electron chi connectivity index (χ4n) is 8.49. The van der Waals surface area contributed by atoms with Crippen molar-refractivity contribution in [2.24, 2.45) is 11.8 Å². The van der Waals surface area contributed by atoms with E-state index in [1.807, 2.05) is 63.7 Å². The van der Waals surface area contributed by atoms with Gasteiger partial charge < -0.3 is 19.4 Å². The van der Waals surface area contributed by atoms with Crippen molar-refractivity contribution in [1.82, 2.24) is 29.7 Å². The van der Waals surface area contributed by atoms with Gasteiger partial charge in [0.05, 0.1) is 35.9 Å². The first kappa shape index (κ1) is 32.8. The van der Waals surface area contributed by atoms with E-state index in [4.69, 9.17) is 19.4 Å². The van der Waals surface area contributed by atoms with Crippen molar-refractivity contribution in [3.05, 3.63) is 84.6 Å². The van der Waals surface area contributed by atoms with Crippen molar-refractivity contribution in [1.29, 1.82) is 0 Å². The number of carbonyl (C=O) groups is 2. The number of likely N-dealkylation sites (tertiary alicyclic amines) is 2. The van der Waals surface area contributed by atoms with E-state index in [1.54, 1.807) is 0 Å². The largest absolute Gasteiger partial charge is 0.444 e. The predicted molar refractivity (Wildman–Crippen MR) is 199 cm³/mol. The average Bonchev–Trinajstić information content (AvgIpc) is 3.68. The normalized spacial score (nSPS) is 24.9. The van der Waals surface area contributed by atoms with Crippen LogP contribution in [0.1, 0.15) is 90.8 Å². The quantitative estimate of drug-likeness (QED) is 0.189. The fourth-order valence-corrected chi connectivity index (χ4v) is 8.49.